The molecule has 104 valence electrons. The molecule has 6 nitrogen and oxygen atoms in total. The molecule has 20 heavy (non-hydrogen) atoms. The molecule has 6 heteroatoms. The van der Waals surface area contributed by atoms with Crippen LogP contribution in [0.3, 0.4) is 0 Å². The van der Waals surface area contributed by atoms with Crippen LogP contribution in [0.15, 0.2) is 36.7 Å². The summed E-state index contributed by atoms with van der Waals surface area (Å²) in [5, 5.41) is 11.7. The monoisotopic (exact) mass is 272 g/mol. The SMILES string of the molecule is CNc1cncc(-c2ccc(CC(N)C(=O)O)cc2)n1. The molecular formula is C14H16N4O2. The molecule has 0 fully saturated rings. The molecule has 0 bridgehead atoms. The van der Waals surface area contributed by atoms with E-state index in [9.17, 15) is 4.79 Å². The topological polar surface area (TPSA) is 101 Å². The van der Waals surface area contributed by atoms with E-state index in [4.69, 9.17) is 10.8 Å². The maximum atomic E-state index is 10.7. The molecular weight excluding hydrogens is 256 g/mol. The molecule has 0 aliphatic rings. The summed E-state index contributed by atoms with van der Waals surface area (Å²) in [5.74, 6) is -0.304. The molecule has 0 saturated heterocycles. The maximum absolute atomic E-state index is 10.7. The van der Waals surface area contributed by atoms with Crippen molar-refractivity contribution in [3.05, 3.63) is 42.2 Å². The summed E-state index contributed by atoms with van der Waals surface area (Å²) in [7, 11) is 1.78. The standard InChI is InChI=1S/C14H16N4O2/c1-16-13-8-17-7-12(18-13)10-4-2-9(3-5-10)6-11(15)14(19)20/h2-5,7-8,11H,6,15H2,1H3,(H,16,18)(H,19,20). The van der Waals surface area contributed by atoms with E-state index >= 15 is 0 Å². The van der Waals surface area contributed by atoms with Crippen molar-refractivity contribution in [2.45, 2.75) is 12.5 Å². The van der Waals surface area contributed by atoms with Crippen LogP contribution >= 0.6 is 0 Å². The Morgan fingerprint density at radius 3 is 2.65 bits per heavy atom. The zero-order chi connectivity index (χ0) is 14.5. The molecule has 2 rings (SSSR count). The summed E-state index contributed by atoms with van der Waals surface area (Å²) in [6.07, 6.45) is 3.63. The average Bonchev–Trinajstić information content (AvgIpc) is 2.48. The van der Waals surface area contributed by atoms with Gasteiger partial charge in [-0.3, -0.25) is 9.78 Å². The lowest BCUT2D eigenvalue weighted by atomic mass is 10.0. The number of nitrogens with one attached hydrogen (secondary N) is 1. The third-order valence-electron chi connectivity index (χ3n) is 2.91. The molecule has 4 N–H and O–H groups in total. The first-order chi connectivity index (χ1) is 9.60. The predicted molar refractivity (Wildman–Crippen MR) is 76.3 cm³/mol. The average molecular weight is 272 g/mol. The Morgan fingerprint density at radius 2 is 2.05 bits per heavy atom. The number of anilines is 1. The van der Waals surface area contributed by atoms with E-state index in [0.29, 0.717) is 12.2 Å². The van der Waals surface area contributed by atoms with Crippen LogP contribution in [0.25, 0.3) is 11.3 Å². The Kier molecular flexibility index (Phi) is 4.27. The van der Waals surface area contributed by atoms with E-state index in [2.05, 4.69) is 15.3 Å². The summed E-state index contributed by atoms with van der Waals surface area (Å²) >= 11 is 0. The smallest absolute Gasteiger partial charge is 0.320 e. The van der Waals surface area contributed by atoms with Crippen molar-refractivity contribution < 1.29 is 9.90 Å². The maximum Gasteiger partial charge on any atom is 0.320 e. The second kappa shape index (κ2) is 6.12. The van der Waals surface area contributed by atoms with Gasteiger partial charge in [0, 0.05) is 12.6 Å². The summed E-state index contributed by atoms with van der Waals surface area (Å²) in [6, 6.07) is 6.59. The minimum atomic E-state index is -0.998. The zero-order valence-electron chi connectivity index (χ0n) is 11.1. The van der Waals surface area contributed by atoms with Gasteiger partial charge in [-0.25, -0.2) is 4.98 Å². The van der Waals surface area contributed by atoms with E-state index in [1.165, 1.54) is 0 Å². The fourth-order valence-electron chi connectivity index (χ4n) is 1.78. The van der Waals surface area contributed by atoms with Crippen LogP contribution in [0.2, 0.25) is 0 Å². The van der Waals surface area contributed by atoms with Crippen molar-refractivity contribution in [2.24, 2.45) is 5.73 Å². The van der Waals surface area contributed by atoms with E-state index in [0.717, 1.165) is 16.8 Å². The Morgan fingerprint density at radius 1 is 1.35 bits per heavy atom. The molecule has 0 aliphatic carbocycles. The third-order valence-corrected chi connectivity index (χ3v) is 2.91. The molecule has 0 spiro atoms. The fraction of sp³-hybridized carbons (Fsp3) is 0.214. The molecule has 0 aliphatic heterocycles. The first-order valence-corrected chi connectivity index (χ1v) is 6.17. The number of nitrogens with two attached hydrogens (primary N) is 1. The lowest BCUT2D eigenvalue weighted by Crippen LogP contribution is -2.32. The van der Waals surface area contributed by atoms with Crippen molar-refractivity contribution in [3.8, 4) is 11.3 Å². The quantitative estimate of drug-likeness (QED) is 0.754. The lowest BCUT2D eigenvalue weighted by molar-refractivity contribution is -0.138. The minimum Gasteiger partial charge on any atom is -0.480 e. The number of hydrogen-bond donors (Lipinski definition) is 3. The van der Waals surface area contributed by atoms with Crippen LogP contribution in [-0.4, -0.2) is 34.1 Å². The van der Waals surface area contributed by atoms with Crippen LogP contribution in [-0.2, 0) is 11.2 Å². The number of carboxylic acid groups (broad SMARTS) is 1. The largest absolute Gasteiger partial charge is 0.480 e. The van der Waals surface area contributed by atoms with Gasteiger partial charge in [-0.2, -0.15) is 0 Å². The number of hydrogen-bond acceptors (Lipinski definition) is 5. The Labute approximate surface area is 116 Å². The number of aromatic nitrogens is 2. The highest BCUT2D eigenvalue weighted by atomic mass is 16.4. The molecule has 0 amide bonds. The van der Waals surface area contributed by atoms with Crippen molar-refractivity contribution in [3.63, 3.8) is 0 Å². The summed E-state index contributed by atoms with van der Waals surface area (Å²) in [6.45, 7) is 0. The molecule has 2 aromatic rings. The number of nitrogens with zero attached hydrogens (tertiary/aromatic N) is 2. The molecule has 1 atom stereocenters. The lowest BCUT2D eigenvalue weighted by Gasteiger charge is -2.08. The molecule has 1 aromatic heterocycles. The Hall–Kier alpha value is -2.47. The number of carboxylic acids is 1. The molecule has 0 radical (unpaired) electrons. The number of rotatable bonds is 5. The third kappa shape index (κ3) is 3.30. The summed E-state index contributed by atoms with van der Waals surface area (Å²) in [5.41, 5.74) is 8.06. The first-order valence-electron chi connectivity index (χ1n) is 6.17. The normalized spacial score (nSPS) is 11.9. The predicted octanol–water partition coefficient (Wildman–Crippen LogP) is 1.14. The van der Waals surface area contributed by atoms with Gasteiger partial charge in [0.15, 0.2) is 0 Å². The van der Waals surface area contributed by atoms with Crippen LogP contribution < -0.4 is 11.1 Å². The van der Waals surface area contributed by atoms with Crippen LogP contribution in [0.1, 0.15) is 5.56 Å². The van der Waals surface area contributed by atoms with Gasteiger partial charge in [-0.1, -0.05) is 24.3 Å². The number of carbonyl (C=O) groups is 1. The molecule has 0 saturated carbocycles. The van der Waals surface area contributed by atoms with Crippen LogP contribution in [0.4, 0.5) is 5.82 Å². The fourth-order valence-corrected chi connectivity index (χ4v) is 1.78. The minimum absolute atomic E-state index is 0.303. The van der Waals surface area contributed by atoms with E-state index in [-0.39, 0.29) is 0 Å². The summed E-state index contributed by atoms with van der Waals surface area (Å²) < 4.78 is 0. The van der Waals surface area contributed by atoms with Crippen molar-refractivity contribution >= 4 is 11.8 Å². The second-order valence-corrected chi connectivity index (χ2v) is 4.39. The van der Waals surface area contributed by atoms with Gasteiger partial charge in [-0.15, -0.1) is 0 Å². The Bertz CT molecular complexity index is 598. The number of benzene rings is 1. The van der Waals surface area contributed by atoms with Gasteiger partial charge in [0.2, 0.25) is 0 Å². The van der Waals surface area contributed by atoms with E-state index in [1.54, 1.807) is 19.4 Å². The molecule has 1 unspecified atom stereocenters. The van der Waals surface area contributed by atoms with Gasteiger partial charge < -0.3 is 16.2 Å². The van der Waals surface area contributed by atoms with Gasteiger partial charge in [-0.05, 0) is 12.0 Å². The second-order valence-electron chi connectivity index (χ2n) is 4.39. The molecule has 1 heterocycles. The molecule has 1 aromatic carbocycles. The van der Waals surface area contributed by atoms with Crippen molar-refractivity contribution in [1.82, 2.24) is 9.97 Å². The van der Waals surface area contributed by atoms with Crippen LogP contribution in [0, 0.1) is 0 Å². The van der Waals surface area contributed by atoms with Gasteiger partial charge in [0.1, 0.15) is 11.9 Å². The highest BCUT2D eigenvalue weighted by Crippen LogP contribution is 2.18. The van der Waals surface area contributed by atoms with Crippen LogP contribution in [0.5, 0.6) is 0 Å². The van der Waals surface area contributed by atoms with E-state index < -0.39 is 12.0 Å². The Balaban J connectivity index is 2.17. The first kappa shape index (κ1) is 14.0. The van der Waals surface area contributed by atoms with Gasteiger partial charge >= 0.3 is 5.97 Å². The highest BCUT2D eigenvalue weighted by molar-refractivity contribution is 5.73. The van der Waals surface area contributed by atoms with E-state index in [1.807, 2.05) is 24.3 Å². The van der Waals surface area contributed by atoms with Crippen molar-refractivity contribution in [1.29, 1.82) is 0 Å². The van der Waals surface area contributed by atoms with Crippen molar-refractivity contribution in [2.75, 3.05) is 12.4 Å². The zero-order valence-corrected chi connectivity index (χ0v) is 11.1. The highest BCUT2D eigenvalue weighted by Gasteiger charge is 2.12. The van der Waals surface area contributed by atoms with Gasteiger partial charge in [0.05, 0.1) is 18.1 Å². The van der Waals surface area contributed by atoms with Gasteiger partial charge in [0.25, 0.3) is 0 Å². The number of aliphatic carboxylic acids is 1. The summed E-state index contributed by atoms with van der Waals surface area (Å²) in [4.78, 5) is 19.2.